The van der Waals surface area contributed by atoms with Crippen LogP contribution in [0, 0.1) is 0 Å². The van der Waals surface area contributed by atoms with Crippen LogP contribution >= 0.6 is 0 Å². The lowest BCUT2D eigenvalue weighted by Crippen LogP contribution is -2.30. The maximum absolute atomic E-state index is 13.0. The topological polar surface area (TPSA) is 78.9 Å². The minimum atomic E-state index is -0.774. The Labute approximate surface area is 493 Å². The molecule has 0 aromatic heterocycles. The minimum absolute atomic E-state index is 0.0688. The SMILES string of the molecule is CCCCC/C=C\C/C=C\CCCCCCCCCCCC(=O)O[C@H](COC(=O)CCCCCCCCCCCCC/C=C\CCCCCCCC)COC(=O)CCCCCCCCCCCCCCCCCCCCCCC. The van der Waals surface area contributed by atoms with E-state index in [-0.39, 0.29) is 31.1 Å². The first-order valence-corrected chi connectivity index (χ1v) is 35.5. The van der Waals surface area contributed by atoms with E-state index in [0.29, 0.717) is 19.3 Å². The molecular formula is C73H136O6. The largest absolute Gasteiger partial charge is 0.462 e. The first-order chi connectivity index (χ1) is 39.0. The summed E-state index contributed by atoms with van der Waals surface area (Å²) >= 11 is 0. The summed E-state index contributed by atoms with van der Waals surface area (Å²) in [6.45, 7) is 6.69. The summed E-state index contributed by atoms with van der Waals surface area (Å²) in [5, 5.41) is 0. The van der Waals surface area contributed by atoms with Crippen molar-refractivity contribution >= 4 is 17.9 Å². The molecule has 79 heavy (non-hydrogen) atoms. The Morgan fingerprint density at radius 1 is 0.253 bits per heavy atom. The molecule has 6 heteroatoms. The second-order valence-electron chi connectivity index (χ2n) is 24.1. The maximum atomic E-state index is 13.0. The van der Waals surface area contributed by atoms with E-state index in [9.17, 15) is 14.4 Å². The van der Waals surface area contributed by atoms with Crippen molar-refractivity contribution in [2.45, 2.75) is 399 Å². The molecule has 0 rings (SSSR count). The zero-order valence-corrected chi connectivity index (χ0v) is 53.4. The standard InChI is InChI=1S/C73H136O6/c1-4-7-10-13-16-19-22-25-28-31-34-36-39-41-44-47-50-53-56-59-62-65-71(74)77-68-70(79-73(76)67-64-61-58-55-52-49-46-43-38-33-30-27-24-21-18-15-12-9-6-3)69-78-72(75)66-63-60-57-54-51-48-45-42-40-37-35-32-29-26-23-20-17-14-11-8-5-2/h18,21,25,27-28,30,70H,4-17,19-20,22-24,26,29,31-69H2,1-3H3/b21-18-,28-25-,30-27-/t70-/m1/s1. The van der Waals surface area contributed by atoms with Gasteiger partial charge in [-0.05, 0) is 77.0 Å². The Balaban J connectivity index is 4.31. The third-order valence-electron chi connectivity index (χ3n) is 16.1. The molecule has 6 nitrogen and oxygen atoms in total. The van der Waals surface area contributed by atoms with E-state index in [2.05, 4.69) is 57.2 Å². The number of unbranched alkanes of at least 4 members (excludes halogenated alkanes) is 49. The minimum Gasteiger partial charge on any atom is -0.462 e. The van der Waals surface area contributed by atoms with Gasteiger partial charge in [0, 0.05) is 19.3 Å². The molecule has 464 valence electrons. The molecule has 0 amide bonds. The Morgan fingerprint density at radius 3 is 0.734 bits per heavy atom. The van der Waals surface area contributed by atoms with Crippen molar-refractivity contribution in [2.24, 2.45) is 0 Å². The number of allylic oxidation sites excluding steroid dienone is 6. The monoisotopic (exact) mass is 1110 g/mol. The van der Waals surface area contributed by atoms with Gasteiger partial charge in [0.15, 0.2) is 6.10 Å². The third kappa shape index (κ3) is 66.3. The number of hydrogen-bond acceptors (Lipinski definition) is 6. The van der Waals surface area contributed by atoms with Crippen LogP contribution in [0.2, 0.25) is 0 Å². The Morgan fingerprint density at radius 2 is 0.456 bits per heavy atom. The van der Waals surface area contributed by atoms with Crippen LogP contribution in [0.3, 0.4) is 0 Å². The first kappa shape index (κ1) is 76.6. The highest BCUT2D eigenvalue weighted by atomic mass is 16.6. The molecule has 0 heterocycles. The highest BCUT2D eigenvalue weighted by Gasteiger charge is 2.19. The van der Waals surface area contributed by atoms with Gasteiger partial charge in [-0.3, -0.25) is 14.4 Å². The zero-order chi connectivity index (χ0) is 57.1. The van der Waals surface area contributed by atoms with Crippen LogP contribution in [0.15, 0.2) is 36.5 Å². The van der Waals surface area contributed by atoms with E-state index in [1.54, 1.807) is 0 Å². The van der Waals surface area contributed by atoms with Gasteiger partial charge in [0.25, 0.3) is 0 Å². The summed E-state index contributed by atoms with van der Waals surface area (Å²) in [5.41, 5.74) is 0. The van der Waals surface area contributed by atoms with Crippen LogP contribution in [0.5, 0.6) is 0 Å². The lowest BCUT2D eigenvalue weighted by atomic mass is 10.0. The molecular weight excluding hydrogens is 973 g/mol. The summed E-state index contributed by atoms with van der Waals surface area (Å²) in [4.78, 5) is 38.5. The Hall–Kier alpha value is -2.37. The van der Waals surface area contributed by atoms with E-state index < -0.39 is 6.10 Å². The summed E-state index contributed by atoms with van der Waals surface area (Å²) in [6, 6.07) is 0. The maximum Gasteiger partial charge on any atom is 0.306 e. The fourth-order valence-corrected chi connectivity index (χ4v) is 10.8. The summed E-state index contributed by atoms with van der Waals surface area (Å²) in [6.07, 6.45) is 84.5. The van der Waals surface area contributed by atoms with Gasteiger partial charge in [-0.2, -0.15) is 0 Å². The molecule has 0 unspecified atom stereocenters. The van der Waals surface area contributed by atoms with Gasteiger partial charge in [-0.25, -0.2) is 0 Å². The number of ether oxygens (including phenoxy) is 3. The van der Waals surface area contributed by atoms with E-state index in [1.807, 2.05) is 0 Å². The van der Waals surface area contributed by atoms with Crippen LogP contribution in [0.1, 0.15) is 393 Å². The van der Waals surface area contributed by atoms with Crippen LogP contribution < -0.4 is 0 Å². The molecule has 1 atom stereocenters. The summed E-state index contributed by atoms with van der Waals surface area (Å²) in [5.74, 6) is -0.843. The van der Waals surface area contributed by atoms with Crippen LogP contribution in [-0.4, -0.2) is 37.2 Å². The number of esters is 3. The van der Waals surface area contributed by atoms with Crippen molar-refractivity contribution in [1.82, 2.24) is 0 Å². The Bertz CT molecular complexity index is 1320. The normalized spacial score (nSPS) is 12.2. The Kier molecular flexibility index (Phi) is 66.1. The van der Waals surface area contributed by atoms with Gasteiger partial charge in [-0.15, -0.1) is 0 Å². The predicted octanol–water partition coefficient (Wildman–Crippen LogP) is 24.3. The number of carbonyl (C=O) groups is 3. The van der Waals surface area contributed by atoms with Crippen molar-refractivity contribution < 1.29 is 28.6 Å². The quantitative estimate of drug-likeness (QED) is 0.0261. The number of carbonyl (C=O) groups excluding carboxylic acids is 3. The van der Waals surface area contributed by atoms with Crippen molar-refractivity contribution in [1.29, 1.82) is 0 Å². The number of hydrogen-bond donors (Lipinski definition) is 0. The van der Waals surface area contributed by atoms with Crippen molar-refractivity contribution in [2.75, 3.05) is 13.2 Å². The third-order valence-corrected chi connectivity index (χ3v) is 16.1. The first-order valence-electron chi connectivity index (χ1n) is 35.5. The van der Waals surface area contributed by atoms with Gasteiger partial charge in [0.05, 0.1) is 0 Å². The highest BCUT2D eigenvalue weighted by Crippen LogP contribution is 2.18. The second-order valence-corrected chi connectivity index (χ2v) is 24.1. The summed E-state index contributed by atoms with van der Waals surface area (Å²) < 4.78 is 17.0. The zero-order valence-electron chi connectivity index (χ0n) is 53.4. The molecule has 0 aromatic rings. The molecule has 0 spiro atoms. The van der Waals surface area contributed by atoms with E-state index in [4.69, 9.17) is 14.2 Å². The fourth-order valence-electron chi connectivity index (χ4n) is 10.8. The van der Waals surface area contributed by atoms with Gasteiger partial charge < -0.3 is 14.2 Å². The molecule has 0 radical (unpaired) electrons. The molecule has 0 fully saturated rings. The molecule has 0 saturated carbocycles. The van der Waals surface area contributed by atoms with E-state index in [1.165, 1.54) is 289 Å². The molecule has 0 aliphatic heterocycles. The molecule has 0 aliphatic carbocycles. The average molecular weight is 1110 g/mol. The summed E-state index contributed by atoms with van der Waals surface area (Å²) in [7, 11) is 0. The van der Waals surface area contributed by atoms with Crippen molar-refractivity contribution in [3.05, 3.63) is 36.5 Å². The van der Waals surface area contributed by atoms with Gasteiger partial charge in [0.1, 0.15) is 13.2 Å². The fraction of sp³-hybridized carbons (Fsp3) is 0.877. The molecule has 0 aromatic carbocycles. The van der Waals surface area contributed by atoms with Crippen molar-refractivity contribution in [3.8, 4) is 0 Å². The molecule has 0 N–H and O–H groups in total. The molecule has 0 aliphatic rings. The smallest absolute Gasteiger partial charge is 0.306 e. The van der Waals surface area contributed by atoms with Crippen LogP contribution in [0.4, 0.5) is 0 Å². The van der Waals surface area contributed by atoms with Crippen molar-refractivity contribution in [3.63, 3.8) is 0 Å². The van der Waals surface area contributed by atoms with Gasteiger partial charge in [0.2, 0.25) is 0 Å². The van der Waals surface area contributed by atoms with Crippen LogP contribution in [0.25, 0.3) is 0 Å². The lowest BCUT2D eigenvalue weighted by molar-refractivity contribution is -0.167. The predicted molar refractivity (Wildman–Crippen MR) is 344 cm³/mol. The van der Waals surface area contributed by atoms with Crippen LogP contribution in [-0.2, 0) is 28.6 Å². The average Bonchev–Trinajstić information content (AvgIpc) is 3.45. The number of rotatable bonds is 66. The highest BCUT2D eigenvalue weighted by molar-refractivity contribution is 5.71. The van der Waals surface area contributed by atoms with Gasteiger partial charge >= 0.3 is 17.9 Å². The van der Waals surface area contributed by atoms with Gasteiger partial charge in [-0.1, -0.05) is 333 Å². The van der Waals surface area contributed by atoms with E-state index in [0.717, 1.165) is 64.2 Å². The molecule has 0 bridgehead atoms. The molecule has 0 saturated heterocycles. The van der Waals surface area contributed by atoms with E-state index >= 15 is 0 Å². The second kappa shape index (κ2) is 68.1. The lowest BCUT2D eigenvalue weighted by Gasteiger charge is -2.18.